The van der Waals surface area contributed by atoms with Gasteiger partial charge in [0, 0.05) is 40.2 Å². The fourth-order valence-corrected chi connectivity index (χ4v) is 11.8. The normalized spacial score (nSPS) is 17.5. The van der Waals surface area contributed by atoms with Crippen LogP contribution in [0.1, 0.15) is 33.4 Å². The van der Waals surface area contributed by atoms with E-state index in [9.17, 15) is 0 Å². The molecular formula is C57H33N5. The van der Waals surface area contributed by atoms with Crippen LogP contribution in [0.5, 0.6) is 0 Å². The van der Waals surface area contributed by atoms with E-state index in [1.54, 1.807) is 0 Å². The second-order valence-electron chi connectivity index (χ2n) is 16.6. The van der Waals surface area contributed by atoms with Crippen molar-refractivity contribution in [1.82, 2.24) is 24.9 Å². The van der Waals surface area contributed by atoms with Crippen molar-refractivity contribution in [2.45, 2.75) is 10.8 Å². The largest absolute Gasteiger partial charge is 0.256 e. The van der Waals surface area contributed by atoms with Gasteiger partial charge in [-0.25, -0.2) is 15.0 Å². The third-order valence-corrected chi connectivity index (χ3v) is 13.9. The van der Waals surface area contributed by atoms with Gasteiger partial charge in [-0.05, 0) is 90.0 Å². The molecule has 5 heteroatoms. The number of aromatic nitrogens is 5. The monoisotopic (exact) mass is 787 g/mol. The van der Waals surface area contributed by atoms with Crippen molar-refractivity contribution in [2.24, 2.45) is 0 Å². The van der Waals surface area contributed by atoms with Crippen LogP contribution in [0.3, 0.4) is 0 Å². The third kappa shape index (κ3) is 4.05. The quantitative estimate of drug-likeness (QED) is 0.174. The average Bonchev–Trinajstić information content (AvgIpc) is 3.89. The summed E-state index contributed by atoms with van der Waals surface area (Å²) in [6, 6.07) is 67.8. The first-order chi connectivity index (χ1) is 30.8. The maximum absolute atomic E-state index is 5.25. The predicted octanol–water partition coefficient (Wildman–Crippen LogP) is 12.8. The van der Waals surface area contributed by atoms with Crippen LogP contribution in [0.25, 0.3) is 89.0 Å². The van der Waals surface area contributed by atoms with Crippen molar-refractivity contribution in [3.05, 3.63) is 234 Å². The predicted molar refractivity (Wildman–Crippen MR) is 248 cm³/mol. The summed E-state index contributed by atoms with van der Waals surface area (Å²) in [6.45, 7) is 0. The van der Waals surface area contributed by atoms with Crippen molar-refractivity contribution >= 4 is 32.3 Å². The summed E-state index contributed by atoms with van der Waals surface area (Å²) in [7, 11) is 0. The summed E-state index contributed by atoms with van der Waals surface area (Å²) < 4.78 is 0. The molecule has 5 nitrogen and oxygen atoms in total. The van der Waals surface area contributed by atoms with Gasteiger partial charge in [-0.2, -0.15) is 0 Å². The standard InChI is InChI=1S/C57H33N5/c1-3-14-34(15-4-1)53-60-54(35-16-5-2-6-17-35)62-55(61-53)41-28-31-47-52-40(41)20-13-23-44(52)56-42-21-11-18-38-36(48-24-7-9-32-58-48)26-29-45(50(38)42)57(47,56)46-30-27-37(49-25-8-10-33-59-49)39-19-12-22-43(56)51(39)46/h1-33H. The Bertz CT molecular complexity index is 3460. The molecule has 0 aliphatic heterocycles. The van der Waals surface area contributed by atoms with E-state index >= 15 is 0 Å². The molecule has 0 atom stereocenters. The second kappa shape index (κ2) is 12.2. The molecule has 0 N–H and O–H groups in total. The molecule has 286 valence electrons. The lowest BCUT2D eigenvalue weighted by atomic mass is 9.59. The van der Waals surface area contributed by atoms with Crippen LogP contribution in [-0.4, -0.2) is 24.9 Å². The van der Waals surface area contributed by atoms with Crippen molar-refractivity contribution in [1.29, 1.82) is 0 Å². The van der Waals surface area contributed by atoms with E-state index in [-0.39, 0.29) is 0 Å². The average molecular weight is 788 g/mol. The van der Waals surface area contributed by atoms with Gasteiger partial charge in [0.05, 0.1) is 22.2 Å². The molecule has 3 aliphatic rings. The Labute approximate surface area is 357 Å². The highest BCUT2D eigenvalue weighted by atomic mass is 15.0. The van der Waals surface area contributed by atoms with Crippen LogP contribution in [0.15, 0.2) is 200 Å². The number of hydrogen-bond donors (Lipinski definition) is 0. The van der Waals surface area contributed by atoms with Crippen LogP contribution < -0.4 is 0 Å². The topological polar surface area (TPSA) is 64.5 Å². The molecule has 0 spiro atoms. The van der Waals surface area contributed by atoms with Gasteiger partial charge >= 0.3 is 0 Å². The Hall–Kier alpha value is -8.15. The maximum atomic E-state index is 5.25. The Kier molecular flexibility index (Phi) is 6.63. The van der Waals surface area contributed by atoms with Gasteiger partial charge in [0.15, 0.2) is 17.5 Å². The molecule has 0 amide bonds. The zero-order valence-corrected chi connectivity index (χ0v) is 33.3. The van der Waals surface area contributed by atoms with Crippen molar-refractivity contribution in [3.8, 4) is 56.7 Å². The fourth-order valence-electron chi connectivity index (χ4n) is 11.8. The first kappa shape index (κ1) is 33.7. The highest BCUT2D eigenvalue weighted by molar-refractivity contribution is 6.17. The minimum absolute atomic E-state index is 0.563. The van der Waals surface area contributed by atoms with Gasteiger partial charge in [0.25, 0.3) is 0 Å². The highest BCUT2D eigenvalue weighted by Gasteiger charge is 2.70. The first-order valence-electron chi connectivity index (χ1n) is 21.2. The second-order valence-corrected chi connectivity index (χ2v) is 16.6. The molecule has 0 bridgehead atoms. The molecule has 3 aromatic heterocycles. The number of nitrogens with zero attached hydrogens (tertiary/aromatic N) is 5. The summed E-state index contributed by atoms with van der Waals surface area (Å²) in [5.74, 6) is 1.96. The van der Waals surface area contributed by atoms with Gasteiger partial charge in [-0.3, -0.25) is 9.97 Å². The van der Waals surface area contributed by atoms with Crippen LogP contribution in [0.2, 0.25) is 0 Å². The highest BCUT2D eigenvalue weighted by Crippen LogP contribution is 2.76. The lowest BCUT2D eigenvalue weighted by molar-refractivity contribution is 0.492. The van der Waals surface area contributed by atoms with Crippen LogP contribution in [0, 0.1) is 0 Å². The summed E-state index contributed by atoms with van der Waals surface area (Å²) in [4.78, 5) is 25.3. The van der Waals surface area contributed by atoms with Crippen LogP contribution in [-0.2, 0) is 10.8 Å². The Morgan fingerprint density at radius 1 is 0.274 bits per heavy atom. The smallest absolute Gasteiger partial charge is 0.164 e. The third-order valence-electron chi connectivity index (χ3n) is 13.9. The molecule has 62 heavy (non-hydrogen) atoms. The van der Waals surface area contributed by atoms with Gasteiger partial charge in [0.2, 0.25) is 0 Å². The van der Waals surface area contributed by atoms with Gasteiger partial charge in [0.1, 0.15) is 0 Å². The minimum atomic E-state index is -0.563. The molecule has 11 aromatic rings. The zero-order chi connectivity index (χ0) is 40.6. The van der Waals surface area contributed by atoms with E-state index in [1.807, 2.05) is 60.9 Å². The fraction of sp³-hybridized carbons (Fsp3) is 0.0351. The molecule has 0 radical (unpaired) electrons. The molecule has 3 heterocycles. The first-order valence-corrected chi connectivity index (χ1v) is 21.2. The van der Waals surface area contributed by atoms with E-state index in [0.29, 0.717) is 17.5 Å². The molecular weight excluding hydrogens is 755 g/mol. The van der Waals surface area contributed by atoms with Crippen molar-refractivity contribution in [2.75, 3.05) is 0 Å². The van der Waals surface area contributed by atoms with E-state index in [0.717, 1.165) is 44.6 Å². The van der Waals surface area contributed by atoms with E-state index in [4.69, 9.17) is 24.9 Å². The Morgan fingerprint density at radius 2 is 0.645 bits per heavy atom. The molecule has 0 saturated carbocycles. The van der Waals surface area contributed by atoms with Crippen LogP contribution in [0.4, 0.5) is 0 Å². The zero-order valence-electron chi connectivity index (χ0n) is 33.3. The van der Waals surface area contributed by atoms with Gasteiger partial charge in [-0.15, -0.1) is 0 Å². The molecule has 14 rings (SSSR count). The van der Waals surface area contributed by atoms with E-state index in [1.165, 1.54) is 60.3 Å². The summed E-state index contributed by atoms with van der Waals surface area (Å²) in [5, 5.41) is 7.49. The molecule has 8 aromatic carbocycles. The van der Waals surface area contributed by atoms with E-state index in [2.05, 4.69) is 140 Å². The molecule has 3 aliphatic carbocycles. The number of pyridine rings is 2. The van der Waals surface area contributed by atoms with Gasteiger partial charge in [-0.1, -0.05) is 164 Å². The van der Waals surface area contributed by atoms with Crippen molar-refractivity contribution < 1.29 is 0 Å². The summed E-state index contributed by atoms with van der Waals surface area (Å²) in [5.41, 5.74) is 13.9. The number of benzene rings is 8. The lowest BCUT2D eigenvalue weighted by Gasteiger charge is -2.40. The molecule has 0 saturated heterocycles. The maximum Gasteiger partial charge on any atom is 0.164 e. The van der Waals surface area contributed by atoms with E-state index < -0.39 is 10.8 Å². The van der Waals surface area contributed by atoms with Crippen molar-refractivity contribution in [3.63, 3.8) is 0 Å². The number of hydrogen-bond acceptors (Lipinski definition) is 5. The molecule has 0 fully saturated rings. The Morgan fingerprint density at radius 3 is 1.06 bits per heavy atom. The Balaban J connectivity index is 1.10. The SMILES string of the molecule is c1ccc(-c2nc(-c3ccccc3)nc(-c3ccc4c5c(cccc35)C35c6cccc7c(-c8ccccn8)ccc(c67)C43c3ccc(-c4ccccn4)c4cccc5c34)n2)cc1. The summed E-state index contributed by atoms with van der Waals surface area (Å²) in [6.07, 6.45) is 3.78. The number of rotatable bonds is 5. The minimum Gasteiger partial charge on any atom is -0.256 e. The van der Waals surface area contributed by atoms with Gasteiger partial charge < -0.3 is 0 Å². The molecule has 0 unspecified atom stereocenters. The summed E-state index contributed by atoms with van der Waals surface area (Å²) >= 11 is 0. The van der Waals surface area contributed by atoms with Crippen LogP contribution >= 0.6 is 0 Å². The lowest BCUT2D eigenvalue weighted by Crippen LogP contribution is -2.42.